The molecule has 5 nitrogen and oxygen atoms in total. The number of aryl methyl sites for hydroxylation is 2. The molecule has 5 heteroatoms. The second-order valence-electron chi connectivity index (χ2n) is 4.63. The number of amides is 1. The number of hydrogen-bond acceptors (Lipinski definition) is 3. The molecule has 0 unspecified atom stereocenters. The van der Waals surface area contributed by atoms with Gasteiger partial charge in [-0.25, -0.2) is 0 Å². The van der Waals surface area contributed by atoms with Crippen LogP contribution in [0.5, 0.6) is 0 Å². The van der Waals surface area contributed by atoms with Crippen molar-refractivity contribution in [2.75, 3.05) is 6.54 Å². The molecule has 0 aliphatic heterocycles. The van der Waals surface area contributed by atoms with Gasteiger partial charge in [0, 0.05) is 13.1 Å². The second kappa shape index (κ2) is 4.49. The lowest BCUT2D eigenvalue weighted by Crippen LogP contribution is -2.43. The van der Waals surface area contributed by atoms with Crippen LogP contribution >= 0.6 is 0 Å². The first-order valence-corrected chi connectivity index (χ1v) is 6.23. The summed E-state index contributed by atoms with van der Waals surface area (Å²) in [6.45, 7) is 5.24. The van der Waals surface area contributed by atoms with Crippen LogP contribution in [0.3, 0.4) is 0 Å². The first-order chi connectivity index (χ1) is 8.14. The van der Waals surface area contributed by atoms with Gasteiger partial charge in [-0.2, -0.15) is 5.10 Å². The second-order valence-corrected chi connectivity index (χ2v) is 4.63. The zero-order valence-electron chi connectivity index (χ0n) is 10.5. The van der Waals surface area contributed by atoms with E-state index >= 15 is 0 Å². The third-order valence-electron chi connectivity index (χ3n) is 3.35. The molecule has 0 bridgehead atoms. The van der Waals surface area contributed by atoms with Gasteiger partial charge in [0.1, 0.15) is 5.69 Å². The van der Waals surface area contributed by atoms with Crippen molar-refractivity contribution in [2.45, 2.75) is 45.2 Å². The molecule has 1 aliphatic rings. The Morgan fingerprint density at radius 1 is 1.59 bits per heavy atom. The third-order valence-corrected chi connectivity index (χ3v) is 3.35. The molecule has 1 saturated carbocycles. The summed E-state index contributed by atoms with van der Waals surface area (Å²) < 4.78 is 1.75. The molecule has 1 aromatic rings. The maximum Gasteiger partial charge on any atom is 0.270 e. The van der Waals surface area contributed by atoms with Gasteiger partial charge in [-0.1, -0.05) is 6.92 Å². The average molecular weight is 236 g/mol. The van der Waals surface area contributed by atoms with Crippen LogP contribution in [0.1, 0.15) is 42.9 Å². The third kappa shape index (κ3) is 2.34. The van der Waals surface area contributed by atoms with E-state index in [1.54, 1.807) is 4.68 Å². The summed E-state index contributed by atoms with van der Waals surface area (Å²) in [6.07, 6.45) is 2.81. The number of rotatable bonds is 5. The monoisotopic (exact) mass is 236 g/mol. The predicted molar refractivity (Wildman–Crippen MR) is 65.8 cm³/mol. The van der Waals surface area contributed by atoms with Gasteiger partial charge in [0.25, 0.3) is 5.91 Å². The Morgan fingerprint density at radius 3 is 2.76 bits per heavy atom. The first kappa shape index (κ1) is 12.1. The number of hydrogen-bond donors (Lipinski definition) is 2. The van der Waals surface area contributed by atoms with Crippen molar-refractivity contribution >= 4 is 5.91 Å². The Bertz CT molecular complexity index is 420. The Balaban J connectivity index is 2.15. The minimum Gasteiger partial charge on any atom is -0.344 e. The van der Waals surface area contributed by atoms with Crippen molar-refractivity contribution in [3.63, 3.8) is 0 Å². The molecule has 0 atom stereocenters. The minimum atomic E-state index is -0.147. The molecule has 1 fully saturated rings. The summed E-state index contributed by atoms with van der Waals surface area (Å²) in [4.78, 5) is 12.1. The summed E-state index contributed by atoms with van der Waals surface area (Å²) in [5, 5.41) is 7.39. The summed E-state index contributed by atoms with van der Waals surface area (Å²) in [6, 6.07) is 1.87. The lowest BCUT2D eigenvalue weighted by atomic mass is 10.2. The van der Waals surface area contributed by atoms with Gasteiger partial charge in [0.15, 0.2) is 0 Å². The van der Waals surface area contributed by atoms with Crippen LogP contribution in [0.15, 0.2) is 6.07 Å². The standard InChI is InChI=1S/C12H20N4O/c1-3-9-7-10(16(4-2)15-9)11(17)14-12(8-13)5-6-12/h7H,3-6,8,13H2,1-2H3,(H,14,17). The maximum atomic E-state index is 12.1. The highest BCUT2D eigenvalue weighted by Gasteiger charge is 2.43. The zero-order chi connectivity index (χ0) is 12.5. The first-order valence-electron chi connectivity index (χ1n) is 6.23. The molecule has 0 radical (unpaired) electrons. The quantitative estimate of drug-likeness (QED) is 0.790. The number of aromatic nitrogens is 2. The molecule has 94 valence electrons. The van der Waals surface area contributed by atoms with Crippen molar-refractivity contribution in [3.05, 3.63) is 17.5 Å². The normalized spacial score (nSPS) is 16.9. The van der Waals surface area contributed by atoms with E-state index in [0.717, 1.165) is 25.0 Å². The molecule has 0 aromatic carbocycles. The molecular formula is C12H20N4O. The van der Waals surface area contributed by atoms with E-state index < -0.39 is 0 Å². The van der Waals surface area contributed by atoms with Gasteiger partial charge >= 0.3 is 0 Å². The van der Waals surface area contributed by atoms with Crippen LogP contribution in [0.25, 0.3) is 0 Å². The van der Waals surface area contributed by atoms with Gasteiger partial charge in [-0.3, -0.25) is 9.48 Å². The van der Waals surface area contributed by atoms with Crippen molar-refractivity contribution in [1.29, 1.82) is 0 Å². The summed E-state index contributed by atoms with van der Waals surface area (Å²) in [5.74, 6) is -0.0537. The van der Waals surface area contributed by atoms with Crippen LogP contribution in [0, 0.1) is 0 Å². The predicted octanol–water partition coefficient (Wildman–Crippen LogP) is 0.686. The SMILES string of the molecule is CCc1cc(C(=O)NC2(CN)CC2)n(CC)n1. The maximum absolute atomic E-state index is 12.1. The molecule has 2 rings (SSSR count). The van der Waals surface area contributed by atoms with Crippen molar-refractivity contribution in [1.82, 2.24) is 15.1 Å². The number of carbonyl (C=O) groups is 1. The van der Waals surface area contributed by atoms with Gasteiger partial charge < -0.3 is 11.1 Å². The zero-order valence-corrected chi connectivity index (χ0v) is 10.5. The Kier molecular flexibility index (Phi) is 3.19. The lowest BCUT2D eigenvalue weighted by molar-refractivity contribution is 0.0922. The van der Waals surface area contributed by atoms with Crippen LogP contribution in [0.2, 0.25) is 0 Å². The number of nitrogens with two attached hydrogens (primary N) is 1. The van der Waals surface area contributed by atoms with E-state index in [1.807, 2.05) is 19.9 Å². The minimum absolute atomic E-state index is 0.0537. The van der Waals surface area contributed by atoms with Gasteiger partial charge in [0.05, 0.1) is 11.2 Å². The summed E-state index contributed by atoms with van der Waals surface area (Å²) >= 11 is 0. The fourth-order valence-corrected chi connectivity index (χ4v) is 1.90. The lowest BCUT2D eigenvalue weighted by Gasteiger charge is -2.14. The van der Waals surface area contributed by atoms with Crippen LogP contribution < -0.4 is 11.1 Å². The van der Waals surface area contributed by atoms with Gasteiger partial charge in [0.2, 0.25) is 0 Å². The average Bonchev–Trinajstić information content (AvgIpc) is 2.98. The number of carbonyl (C=O) groups excluding carboxylic acids is 1. The number of nitrogens with one attached hydrogen (secondary N) is 1. The van der Waals surface area contributed by atoms with E-state index in [-0.39, 0.29) is 11.4 Å². The van der Waals surface area contributed by atoms with Crippen LogP contribution in [0.4, 0.5) is 0 Å². The molecule has 0 saturated heterocycles. The van der Waals surface area contributed by atoms with Crippen LogP contribution in [-0.4, -0.2) is 27.8 Å². The topological polar surface area (TPSA) is 72.9 Å². The molecule has 1 heterocycles. The smallest absolute Gasteiger partial charge is 0.270 e. The van der Waals surface area contributed by atoms with Crippen molar-refractivity contribution in [2.24, 2.45) is 5.73 Å². The Morgan fingerprint density at radius 2 is 2.29 bits per heavy atom. The highest BCUT2D eigenvalue weighted by molar-refractivity contribution is 5.93. The van der Waals surface area contributed by atoms with Gasteiger partial charge in [-0.15, -0.1) is 0 Å². The van der Waals surface area contributed by atoms with E-state index in [9.17, 15) is 4.79 Å². The molecule has 3 N–H and O–H groups in total. The van der Waals surface area contributed by atoms with Crippen molar-refractivity contribution in [3.8, 4) is 0 Å². The van der Waals surface area contributed by atoms with Crippen molar-refractivity contribution < 1.29 is 4.79 Å². The summed E-state index contributed by atoms with van der Waals surface area (Å²) in [5.41, 5.74) is 7.11. The largest absolute Gasteiger partial charge is 0.344 e. The number of nitrogens with zero attached hydrogens (tertiary/aromatic N) is 2. The molecule has 1 aliphatic carbocycles. The molecule has 17 heavy (non-hydrogen) atoms. The van der Waals surface area contributed by atoms with E-state index in [1.165, 1.54) is 0 Å². The highest BCUT2D eigenvalue weighted by atomic mass is 16.2. The Labute approximate surface area is 101 Å². The van der Waals surface area contributed by atoms with Crippen LogP contribution in [-0.2, 0) is 13.0 Å². The molecule has 1 amide bonds. The summed E-state index contributed by atoms with van der Waals surface area (Å²) in [7, 11) is 0. The van der Waals surface area contributed by atoms with E-state index in [2.05, 4.69) is 10.4 Å². The molecular weight excluding hydrogens is 216 g/mol. The fraction of sp³-hybridized carbons (Fsp3) is 0.667. The molecule has 1 aromatic heterocycles. The molecule has 0 spiro atoms. The fourth-order valence-electron chi connectivity index (χ4n) is 1.90. The van der Waals surface area contributed by atoms with Gasteiger partial charge in [-0.05, 0) is 32.3 Å². The Hall–Kier alpha value is -1.36. The van der Waals surface area contributed by atoms with E-state index in [4.69, 9.17) is 5.73 Å². The van der Waals surface area contributed by atoms with E-state index in [0.29, 0.717) is 18.8 Å². The highest BCUT2D eigenvalue weighted by Crippen LogP contribution is 2.34.